The molecule has 0 aliphatic carbocycles. The van der Waals surface area contributed by atoms with Crippen molar-refractivity contribution in [3.8, 4) is 17.4 Å². The molecular weight excluding hydrogens is 452 g/mol. The lowest BCUT2D eigenvalue weighted by molar-refractivity contribution is -0.132. The first-order valence-corrected chi connectivity index (χ1v) is 11.8. The Labute approximate surface area is 211 Å². The largest absolute Gasteiger partial charge is 0.478 e. The Balaban J connectivity index is 0.00000222. The predicted octanol–water partition coefficient (Wildman–Crippen LogP) is 6.73. The van der Waals surface area contributed by atoms with E-state index in [-0.39, 0.29) is 17.0 Å². The van der Waals surface area contributed by atoms with Crippen molar-refractivity contribution in [2.75, 3.05) is 0 Å². The standard InChI is InChI=1S/C28H26N2O4.C2H6/c1-6-7-11-24(17(3)28(32)33)30-19(5)22-12-16(2)13-23-25(31)18(4)26(34-27(22)23)21-10-8-9-20(14-21)15-29;1-2/h6-14,19,30H,1H2,2-5H3,(H,32,33);1-2H3/b11-7-,24-17-;. The number of carboxylic acids is 1. The Kier molecular flexibility index (Phi) is 9.57. The Morgan fingerprint density at radius 2 is 1.92 bits per heavy atom. The fourth-order valence-corrected chi connectivity index (χ4v) is 3.77. The van der Waals surface area contributed by atoms with Crippen LogP contribution in [0.25, 0.3) is 22.3 Å². The van der Waals surface area contributed by atoms with Gasteiger partial charge in [0, 0.05) is 22.4 Å². The molecular formula is C30H32N2O4. The number of nitriles is 1. The van der Waals surface area contributed by atoms with Gasteiger partial charge < -0.3 is 14.8 Å². The summed E-state index contributed by atoms with van der Waals surface area (Å²) in [7, 11) is 0. The van der Waals surface area contributed by atoms with Gasteiger partial charge in [-0.25, -0.2) is 4.79 Å². The van der Waals surface area contributed by atoms with Crippen molar-refractivity contribution in [2.24, 2.45) is 0 Å². The van der Waals surface area contributed by atoms with E-state index in [2.05, 4.69) is 18.0 Å². The molecule has 6 nitrogen and oxygen atoms in total. The zero-order valence-electron chi connectivity index (χ0n) is 21.6. The van der Waals surface area contributed by atoms with Crippen molar-refractivity contribution in [1.82, 2.24) is 5.32 Å². The van der Waals surface area contributed by atoms with Gasteiger partial charge in [0.15, 0.2) is 5.43 Å². The molecule has 0 saturated heterocycles. The van der Waals surface area contributed by atoms with Gasteiger partial charge in [-0.1, -0.05) is 50.8 Å². The van der Waals surface area contributed by atoms with Crippen molar-refractivity contribution in [1.29, 1.82) is 5.26 Å². The highest BCUT2D eigenvalue weighted by atomic mass is 16.4. The first kappa shape index (κ1) is 27.9. The van der Waals surface area contributed by atoms with Crippen LogP contribution in [-0.2, 0) is 4.79 Å². The average Bonchev–Trinajstić information content (AvgIpc) is 2.88. The number of carbonyl (C=O) groups is 1. The molecule has 1 atom stereocenters. The molecule has 1 unspecified atom stereocenters. The van der Waals surface area contributed by atoms with Crippen LogP contribution in [0.3, 0.4) is 0 Å². The van der Waals surface area contributed by atoms with Gasteiger partial charge in [-0.15, -0.1) is 0 Å². The van der Waals surface area contributed by atoms with Crippen LogP contribution >= 0.6 is 0 Å². The molecule has 0 spiro atoms. The van der Waals surface area contributed by atoms with Gasteiger partial charge in [-0.3, -0.25) is 4.79 Å². The molecule has 3 rings (SSSR count). The van der Waals surface area contributed by atoms with E-state index in [0.29, 0.717) is 44.7 Å². The van der Waals surface area contributed by atoms with Crippen LogP contribution in [0.5, 0.6) is 0 Å². The molecule has 0 amide bonds. The van der Waals surface area contributed by atoms with Crippen LogP contribution in [0, 0.1) is 25.2 Å². The Morgan fingerprint density at radius 1 is 1.22 bits per heavy atom. The predicted molar refractivity (Wildman–Crippen MR) is 145 cm³/mol. The summed E-state index contributed by atoms with van der Waals surface area (Å²) in [5, 5.41) is 22.4. The van der Waals surface area contributed by atoms with Gasteiger partial charge in [0.25, 0.3) is 0 Å². The Bertz CT molecular complexity index is 1450. The summed E-state index contributed by atoms with van der Waals surface area (Å²) in [4.78, 5) is 24.9. The maximum Gasteiger partial charge on any atom is 0.333 e. The van der Waals surface area contributed by atoms with Crippen molar-refractivity contribution in [2.45, 2.75) is 47.6 Å². The number of carboxylic acid groups (broad SMARTS) is 1. The van der Waals surface area contributed by atoms with E-state index < -0.39 is 5.97 Å². The molecule has 0 aliphatic heterocycles. The van der Waals surface area contributed by atoms with Crippen molar-refractivity contribution in [3.63, 3.8) is 0 Å². The summed E-state index contributed by atoms with van der Waals surface area (Å²) in [6, 6.07) is 12.3. The summed E-state index contributed by atoms with van der Waals surface area (Å²) in [5.74, 6) is -0.643. The van der Waals surface area contributed by atoms with Gasteiger partial charge in [-0.05, 0) is 57.5 Å². The number of allylic oxidation sites excluding steroid dienone is 3. The minimum Gasteiger partial charge on any atom is -0.478 e. The monoisotopic (exact) mass is 484 g/mol. The van der Waals surface area contributed by atoms with Crippen molar-refractivity contribution in [3.05, 3.63) is 105 Å². The number of fused-ring (bicyclic) bond motifs is 1. The molecule has 2 aromatic carbocycles. The van der Waals surface area contributed by atoms with Gasteiger partial charge >= 0.3 is 5.97 Å². The molecule has 3 aromatic rings. The Hall–Kier alpha value is -4.37. The van der Waals surface area contributed by atoms with Gasteiger partial charge in [0.2, 0.25) is 0 Å². The van der Waals surface area contributed by atoms with E-state index in [9.17, 15) is 20.0 Å². The number of benzene rings is 2. The molecule has 36 heavy (non-hydrogen) atoms. The number of nitrogens with one attached hydrogen (secondary N) is 1. The molecule has 1 aromatic heterocycles. The summed E-state index contributed by atoms with van der Waals surface area (Å²) >= 11 is 0. The van der Waals surface area contributed by atoms with Crippen molar-refractivity contribution >= 4 is 16.9 Å². The number of aliphatic carboxylic acids is 1. The second-order valence-electron chi connectivity index (χ2n) is 8.11. The lowest BCUT2D eigenvalue weighted by Crippen LogP contribution is -2.21. The van der Waals surface area contributed by atoms with E-state index in [0.717, 1.165) is 5.56 Å². The summed E-state index contributed by atoms with van der Waals surface area (Å²) in [5.41, 5.74) is 3.98. The second kappa shape index (κ2) is 12.4. The van der Waals surface area contributed by atoms with Gasteiger partial charge in [0.05, 0.1) is 28.6 Å². The average molecular weight is 485 g/mol. The lowest BCUT2D eigenvalue weighted by atomic mass is 9.98. The second-order valence-corrected chi connectivity index (χ2v) is 8.11. The van der Waals surface area contributed by atoms with Crippen LogP contribution in [-0.4, -0.2) is 11.1 Å². The first-order valence-electron chi connectivity index (χ1n) is 11.8. The molecule has 0 aliphatic rings. The minimum absolute atomic E-state index is 0.146. The summed E-state index contributed by atoms with van der Waals surface area (Å²) < 4.78 is 6.32. The van der Waals surface area contributed by atoms with E-state index in [1.165, 1.54) is 6.92 Å². The maximum atomic E-state index is 13.3. The number of hydrogen-bond donors (Lipinski definition) is 2. The molecule has 186 valence electrons. The number of aryl methyl sites for hydroxylation is 1. The van der Waals surface area contributed by atoms with Crippen LogP contribution in [0.2, 0.25) is 0 Å². The zero-order chi connectivity index (χ0) is 27.0. The topological polar surface area (TPSA) is 103 Å². The summed E-state index contributed by atoms with van der Waals surface area (Å²) in [6.07, 6.45) is 4.86. The normalized spacial score (nSPS) is 12.2. The van der Waals surface area contributed by atoms with E-state index in [1.54, 1.807) is 55.5 Å². The summed E-state index contributed by atoms with van der Waals surface area (Å²) in [6.45, 7) is 14.6. The number of rotatable bonds is 7. The van der Waals surface area contributed by atoms with E-state index in [1.807, 2.05) is 33.8 Å². The fraction of sp³-hybridized carbons (Fsp3) is 0.233. The highest BCUT2D eigenvalue weighted by Crippen LogP contribution is 2.31. The third kappa shape index (κ3) is 6.00. The van der Waals surface area contributed by atoms with E-state index in [4.69, 9.17) is 4.42 Å². The van der Waals surface area contributed by atoms with Gasteiger partial charge in [-0.2, -0.15) is 5.26 Å². The third-order valence-electron chi connectivity index (χ3n) is 5.61. The first-order chi connectivity index (χ1) is 17.2. The Morgan fingerprint density at radius 3 is 2.53 bits per heavy atom. The molecule has 0 fully saturated rings. The zero-order valence-corrected chi connectivity index (χ0v) is 21.6. The maximum absolute atomic E-state index is 13.3. The van der Waals surface area contributed by atoms with Crippen molar-refractivity contribution < 1.29 is 14.3 Å². The fourth-order valence-electron chi connectivity index (χ4n) is 3.77. The molecule has 1 heterocycles. The minimum atomic E-state index is -1.04. The SMILES string of the molecule is C=C/C=C\C(NC(C)c1cc(C)cc2c(=O)c(C)c(-c3cccc(C#N)c3)oc12)=C(/C)C(=O)O.CC. The molecule has 0 saturated carbocycles. The molecule has 0 radical (unpaired) electrons. The number of nitrogens with zero attached hydrogens (tertiary/aromatic N) is 1. The molecule has 2 N–H and O–H groups in total. The van der Waals surface area contributed by atoms with Gasteiger partial charge in [0.1, 0.15) is 11.3 Å². The van der Waals surface area contributed by atoms with Crippen LogP contribution in [0.15, 0.2) is 81.7 Å². The van der Waals surface area contributed by atoms with Crippen LogP contribution in [0.4, 0.5) is 0 Å². The molecule has 6 heteroatoms. The van der Waals surface area contributed by atoms with E-state index >= 15 is 0 Å². The van der Waals surface area contributed by atoms with Crippen LogP contribution in [0.1, 0.15) is 56.0 Å². The molecule has 0 bridgehead atoms. The van der Waals surface area contributed by atoms with Crippen LogP contribution < -0.4 is 10.7 Å². The quantitative estimate of drug-likeness (QED) is 0.285. The lowest BCUT2D eigenvalue weighted by Gasteiger charge is -2.20. The highest BCUT2D eigenvalue weighted by molar-refractivity contribution is 5.87. The number of hydrogen-bond acceptors (Lipinski definition) is 5. The highest BCUT2D eigenvalue weighted by Gasteiger charge is 2.20. The third-order valence-corrected chi connectivity index (χ3v) is 5.61. The smallest absolute Gasteiger partial charge is 0.333 e.